The lowest BCUT2D eigenvalue weighted by Gasteiger charge is -2.28. The molecule has 3 rings (SSSR count). The number of methoxy groups -OCH3 is 2. The van der Waals surface area contributed by atoms with Crippen LogP contribution in [0.1, 0.15) is 40.9 Å². The van der Waals surface area contributed by atoms with Crippen molar-refractivity contribution in [3.63, 3.8) is 0 Å². The van der Waals surface area contributed by atoms with Crippen LogP contribution in [0.4, 0.5) is 0 Å². The average Bonchev–Trinajstić information content (AvgIpc) is 3.12. The SMILES string of the molecule is CCOC(=O)CNC(=O)C[C@@H](c1ccc(OC)c(OC)c1)N1Cc2ccccc2C1=O. The molecule has 2 aromatic rings. The minimum absolute atomic E-state index is 0.0192. The van der Waals surface area contributed by atoms with Gasteiger partial charge in [0, 0.05) is 12.1 Å². The van der Waals surface area contributed by atoms with Crippen molar-refractivity contribution < 1.29 is 28.6 Å². The van der Waals surface area contributed by atoms with E-state index in [9.17, 15) is 14.4 Å². The molecule has 0 fully saturated rings. The third kappa shape index (κ3) is 4.96. The molecular weight excluding hydrogens is 400 g/mol. The highest BCUT2D eigenvalue weighted by atomic mass is 16.5. The minimum atomic E-state index is -0.554. The highest BCUT2D eigenvalue weighted by Gasteiger charge is 2.34. The molecule has 0 radical (unpaired) electrons. The van der Waals surface area contributed by atoms with Crippen LogP contribution in [-0.2, 0) is 20.9 Å². The Morgan fingerprint density at radius 1 is 1.10 bits per heavy atom. The van der Waals surface area contributed by atoms with Crippen molar-refractivity contribution in [1.29, 1.82) is 0 Å². The van der Waals surface area contributed by atoms with E-state index < -0.39 is 12.0 Å². The minimum Gasteiger partial charge on any atom is -0.493 e. The molecule has 0 saturated heterocycles. The van der Waals surface area contributed by atoms with Gasteiger partial charge in [0.15, 0.2) is 11.5 Å². The van der Waals surface area contributed by atoms with Gasteiger partial charge in [0.25, 0.3) is 5.91 Å². The average molecular weight is 426 g/mol. The van der Waals surface area contributed by atoms with Gasteiger partial charge in [0.05, 0.1) is 33.3 Å². The zero-order valence-electron chi connectivity index (χ0n) is 17.8. The van der Waals surface area contributed by atoms with Crippen LogP contribution in [0.5, 0.6) is 11.5 Å². The number of ether oxygens (including phenoxy) is 3. The predicted molar refractivity (Wildman–Crippen MR) is 113 cm³/mol. The summed E-state index contributed by atoms with van der Waals surface area (Å²) in [5, 5.41) is 2.57. The molecular formula is C23H26N2O6. The summed E-state index contributed by atoms with van der Waals surface area (Å²) >= 11 is 0. The maximum Gasteiger partial charge on any atom is 0.325 e. The fourth-order valence-electron chi connectivity index (χ4n) is 3.63. The van der Waals surface area contributed by atoms with E-state index in [2.05, 4.69) is 5.32 Å². The Kier molecular flexibility index (Phi) is 7.12. The van der Waals surface area contributed by atoms with Crippen LogP contribution < -0.4 is 14.8 Å². The topological polar surface area (TPSA) is 94.2 Å². The second-order valence-corrected chi connectivity index (χ2v) is 7.01. The lowest BCUT2D eigenvalue weighted by molar-refractivity contribution is -0.143. The van der Waals surface area contributed by atoms with Crippen molar-refractivity contribution in [2.75, 3.05) is 27.4 Å². The molecule has 0 spiro atoms. The highest BCUT2D eigenvalue weighted by molar-refractivity contribution is 5.99. The molecule has 8 nitrogen and oxygen atoms in total. The van der Waals surface area contributed by atoms with Crippen molar-refractivity contribution in [3.05, 3.63) is 59.2 Å². The molecule has 1 N–H and O–H groups in total. The molecule has 0 aliphatic carbocycles. The summed E-state index contributed by atoms with van der Waals surface area (Å²) in [6, 6.07) is 12.1. The van der Waals surface area contributed by atoms with E-state index in [1.807, 2.05) is 18.2 Å². The Morgan fingerprint density at radius 2 is 1.84 bits per heavy atom. The zero-order chi connectivity index (χ0) is 22.4. The van der Waals surface area contributed by atoms with Crippen LogP contribution >= 0.6 is 0 Å². The number of benzene rings is 2. The van der Waals surface area contributed by atoms with E-state index >= 15 is 0 Å². The predicted octanol–water partition coefficient (Wildman–Crippen LogP) is 2.47. The van der Waals surface area contributed by atoms with Gasteiger partial charge in [0.1, 0.15) is 6.54 Å². The van der Waals surface area contributed by atoms with Gasteiger partial charge in [-0.05, 0) is 36.2 Å². The lowest BCUT2D eigenvalue weighted by Crippen LogP contribution is -2.36. The van der Waals surface area contributed by atoms with Gasteiger partial charge < -0.3 is 24.4 Å². The summed E-state index contributed by atoms with van der Waals surface area (Å²) in [6.07, 6.45) is -0.0192. The van der Waals surface area contributed by atoms with Crippen molar-refractivity contribution in [2.24, 2.45) is 0 Å². The molecule has 0 unspecified atom stereocenters. The maximum atomic E-state index is 13.1. The van der Waals surface area contributed by atoms with Gasteiger partial charge >= 0.3 is 5.97 Å². The summed E-state index contributed by atoms with van der Waals surface area (Å²) < 4.78 is 15.5. The van der Waals surface area contributed by atoms with Crippen molar-refractivity contribution in [3.8, 4) is 11.5 Å². The Balaban J connectivity index is 1.87. The second-order valence-electron chi connectivity index (χ2n) is 7.01. The number of carbonyl (C=O) groups is 3. The number of fused-ring (bicyclic) bond motifs is 1. The van der Waals surface area contributed by atoms with Gasteiger partial charge in [-0.15, -0.1) is 0 Å². The number of esters is 1. The smallest absolute Gasteiger partial charge is 0.325 e. The Morgan fingerprint density at radius 3 is 2.52 bits per heavy atom. The van der Waals surface area contributed by atoms with Crippen molar-refractivity contribution >= 4 is 17.8 Å². The van der Waals surface area contributed by atoms with Gasteiger partial charge in [-0.1, -0.05) is 24.3 Å². The highest BCUT2D eigenvalue weighted by Crippen LogP contribution is 2.37. The summed E-state index contributed by atoms with van der Waals surface area (Å²) in [6.45, 7) is 2.10. The standard InChI is InChI=1S/C23H26N2O6/c1-4-31-22(27)13-24-21(26)12-18(15-9-10-19(29-2)20(11-15)30-3)25-14-16-7-5-6-8-17(16)23(25)28/h5-11,18H,4,12-14H2,1-3H3,(H,24,26)/t18-/m0/s1. The van der Waals surface area contributed by atoms with Crippen LogP contribution in [0.3, 0.4) is 0 Å². The Hall–Kier alpha value is -3.55. The molecule has 31 heavy (non-hydrogen) atoms. The van der Waals surface area contributed by atoms with E-state index in [0.29, 0.717) is 23.6 Å². The first-order valence-electron chi connectivity index (χ1n) is 10.0. The van der Waals surface area contributed by atoms with Crippen LogP contribution in [0.2, 0.25) is 0 Å². The number of amides is 2. The summed E-state index contributed by atoms with van der Waals surface area (Å²) in [5.41, 5.74) is 2.26. The normalized spacial score (nSPS) is 13.4. The van der Waals surface area contributed by atoms with Gasteiger partial charge in [-0.25, -0.2) is 0 Å². The molecule has 164 valence electrons. The van der Waals surface area contributed by atoms with Crippen LogP contribution in [0, 0.1) is 0 Å². The van der Waals surface area contributed by atoms with E-state index in [4.69, 9.17) is 14.2 Å². The summed E-state index contributed by atoms with van der Waals surface area (Å²) in [4.78, 5) is 39.0. The zero-order valence-corrected chi connectivity index (χ0v) is 17.8. The molecule has 8 heteroatoms. The molecule has 1 aliphatic rings. The molecule has 1 atom stereocenters. The molecule has 0 bridgehead atoms. The first kappa shape index (κ1) is 22.1. The number of hydrogen-bond acceptors (Lipinski definition) is 6. The van der Waals surface area contributed by atoms with E-state index in [-0.39, 0.29) is 31.4 Å². The van der Waals surface area contributed by atoms with Crippen LogP contribution in [0.25, 0.3) is 0 Å². The Labute approximate surface area is 181 Å². The van der Waals surface area contributed by atoms with Crippen molar-refractivity contribution in [2.45, 2.75) is 25.9 Å². The number of nitrogens with one attached hydrogen (secondary N) is 1. The quantitative estimate of drug-likeness (QED) is 0.619. The van der Waals surface area contributed by atoms with E-state index in [1.54, 1.807) is 43.2 Å². The fraction of sp³-hybridized carbons (Fsp3) is 0.348. The third-order valence-corrected chi connectivity index (χ3v) is 5.13. The molecule has 2 amide bonds. The molecule has 0 saturated carbocycles. The van der Waals surface area contributed by atoms with Gasteiger partial charge in [0.2, 0.25) is 5.91 Å². The first-order chi connectivity index (χ1) is 15.0. The number of nitrogens with zero attached hydrogens (tertiary/aromatic N) is 1. The van der Waals surface area contributed by atoms with Crippen molar-refractivity contribution in [1.82, 2.24) is 10.2 Å². The fourth-order valence-corrected chi connectivity index (χ4v) is 3.63. The molecule has 0 aromatic heterocycles. The number of carbonyl (C=O) groups excluding carboxylic acids is 3. The van der Waals surface area contributed by atoms with E-state index in [0.717, 1.165) is 11.1 Å². The number of hydrogen-bond donors (Lipinski definition) is 1. The van der Waals surface area contributed by atoms with Crippen LogP contribution in [0.15, 0.2) is 42.5 Å². The summed E-state index contributed by atoms with van der Waals surface area (Å²) in [5.74, 6) is 0.0298. The number of rotatable bonds is 9. The van der Waals surface area contributed by atoms with E-state index in [1.165, 1.54) is 7.11 Å². The van der Waals surface area contributed by atoms with Gasteiger partial charge in [-0.2, -0.15) is 0 Å². The maximum absolute atomic E-state index is 13.1. The monoisotopic (exact) mass is 426 g/mol. The molecule has 1 aliphatic heterocycles. The first-order valence-corrected chi connectivity index (χ1v) is 10.0. The largest absolute Gasteiger partial charge is 0.493 e. The second kappa shape index (κ2) is 9.97. The molecule has 1 heterocycles. The third-order valence-electron chi connectivity index (χ3n) is 5.13. The lowest BCUT2D eigenvalue weighted by atomic mass is 10.0. The van der Waals surface area contributed by atoms with Gasteiger partial charge in [-0.3, -0.25) is 14.4 Å². The van der Waals surface area contributed by atoms with Crippen LogP contribution in [-0.4, -0.2) is 50.1 Å². The summed E-state index contributed by atoms with van der Waals surface area (Å²) in [7, 11) is 3.07. The Bertz CT molecular complexity index is 974. The molecule has 2 aromatic carbocycles.